The van der Waals surface area contributed by atoms with Gasteiger partial charge < -0.3 is 5.32 Å². The summed E-state index contributed by atoms with van der Waals surface area (Å²) >= 11 is 0. The highest BCUT2D eigenvalue weighted by Crippen LogP contribution is 2.38. The van der Waals surface area contributed by atoms with E-state index in [4.69, 9.17) is 0 Å². The van der Waals surface area contributed by atoms with Crippen molar-refractivity contribution >= 4 is 5.91 Å². The third-order valence-electron chi connectivity index (χ3n) is 6.85. The molecule has 3 aromatic rings. The van der Waals surface area contributed by atoms with Crippen molar-refractivity contribution < 1.29 is 4.79 Å². The Balaban J connectivity index is 1.46. The maximum atomic E-state index is 13.1. The number of imidazole rings is 1. The highest BCUT2D eigenvalue weighted by molar-refractivity contribution is 5.93. The Labute approximate surface area is 198 Å². The van der Waals surface area contributed by atoms with Gasteiger partial charge in [-0.1, -0.05) is 70.5 Å². The molecule has 174 valence electrons. The highest BCUT2D eigenvalue weighted by Gasteiger charge is 2.33. The smallest absolute Gasteiger partial charge is 0.270 e. The number of hydrogen-bond donors (Lipinski definition) is 1. The van der Waals surface area contributed by atoms with Gasteiger partial charge in [-0.2, -0.15) is 0 Å². The number of carbonyl (C=O) groups excluding carboxylic acids is 1. The van der Waals surface area contributed by atoms with Gasteiger partial charge in [0.05, 0.1) is 12.5 Å². The zero-order valence-electron chi connectivity index (χ0n) is 20.5. The third kappa shape index (κ3) is 5.73. The maximum absolute atomic E-state index is 13.1. The zero-order chi connectivity index (χ0) is 23.4. The summed E-state index contributed by atoms with van der Waals surface area (Å²) in [5, 5.41) is 3.27. The number of benzene rings is 2. The van der Waals surface area contributed by atoms with Crippen LogP contribution in [-0.4, -0.2) is 21.5 Å². The largest absolute Gasteiger partial charge is 0.348 e. The number of aryl methyl sites for hydroxylation is 1. The summed E-state index contributed by atoms with van der Waals surface area (Å²) in [7, 11) is 0. The Morgan fingerprint density at radius 1 is 1.06 bits per heavy atom. The van der Waals surface area contributed by atoms with Crippen LogP contribution in [0.5, 0.6) is 0 Å². The maximum Gasteiger partial charge on any atom is 0.270 e. The van der Waals surface area contributed by atoms with Crippen molar-refractivity contribution in [2.75, 3.05) is 0 Å². The van der Waals surface area contributed by atoms with E-state index in [1.54, 1.807) is 12.5 Å². The highest BCUT2D eigenvalue weighted by atomic mass is 16.2. The van der Waals surface area contributed by atoms with Crippen LogP contribution in [0.15, 0.2) is 61.1 Å². The molecule has 4 rings (SSSR count). The van der Waals surface area contributed by atoms with Crippen LogP contribution in [0.2, 0.25) is 0 Å². The van der Waals surface area contributed by atoms with E-state index < -0.39 is 0 Å². The molecule has 0 unspecified atom stereocenters. The van der Waals surface area contributed by atoms with Crippen LogP contribution in [0.4, 0.5) is 0 Å². The molecule has 1 amide bonds. The summed E-state index contributed by atoms with van der Waals surface area (Å²) in [5.41, 5.74) is 5.56. The topological polar surface area (TPSA) is 46.9 Å². The first kappa shape index (κ1) is 23.3. The van der Waals surface area contributed by atoms with Gasteiger partial charge in [-0.15, -0.1) is 0 Å². The second-order valence-electron chi connectivity index (χ2n) is 10.6. The van der Waals surface area contributed by atoms with Crippen LogP contribution >= 0.6 is 0 Å². The molecule has 0 saturated heterocycles. The van der Waals surface area contributed by atoms with Crippen LogP contribution in [0.3, 0.4) is 0 Å². The van der Waals surface area contributed by atoms with E-state index in [9.17, 15) is 4.79 Å². The van der Waals surface area contributed by atoms with Gasteiger partial charge >= 0.3 is 0 Å². The first-order valence-corrected chi connectivity index (χ1v) is 12.4. The van der Waals surface area contributed by atoms with E-state index in [0.29, 0.717) is 11.6 Å². The van der Waals surface area contributed by atoms with E-state index in [0.717, 1.165) is 24.9 Å². The molecule has 1 saturated carbocycles. The minimum Gasteiger partial charge on any atom is -0.348 e. The quantitative estimate of drug-likeness (QED) is 0.435. The van der Waals surface area contributed by atoms with E-state index >= 15 is 0 Å². The summed E-state index contributed by atoms with van der Waals surface area (Å²) in [6.45, 7) is 9.10. The third-order valence-corrected chi connectivity index (χ3v) is 6.85. The van der Waals surface area contributed by atoms with E-state index in [1.165, 1.54) is 36.0 Å². The Bertz CT molecular complexity index is 1060. The molecule has 1 heterocycles. The molecule has 4 nitrogen and oxygen atoms in total. The second-order valence-corrected chi connectivity index (χ2v) is 10.6. The van der Waals surface area contributed by atoms with Gasteiger partial charge in [0, 0.05) is 11.7 Å². The molecular weight excluding hydrogens is 406 g/mol. The van der Waals surface area contributed by atoms with E-state index in [-0.39, 0.29) is 17.4 Å². The van der Waals surface area contributed by atoms with E-state index in [1.807, 2.05) is 4.57 Å². The van der Waals surface area contributed by atoms with Crippen molar-refractivity contribution in [1.82, 2.24) is 14.9 Å². The van der Waals surface area contributed by atoms with Gasteiger partial charge in [0.1, 0.15) is 5.69 Å². The van der Waals surface area contributed by atoms with Crippen LogP contribution in [-0.2, 0) is 6.42 Å². The minimum atomic E-state index is -0.0471. The normalized spacial score (nSPS) is 19.9. The lowest BCUT2D eigenvalue weighted by Crippen LogP contribution is -2.43. The van der Waals surface area contributed by atoms with Gasteiger partial charge in [-0.3, -0.25) is 9.36 Å². The Hall–Kier alpha value is -2.88. The van der Waals surface area contributed by atoms with Crippen molar-refractivity contribution in [3.05, 3.63) is 72.3 Å². The molecule has 4 heteroatoms. The zero-order valence-corrected chi connectivity index (χ0v) is 20.5. The number of carbonyl (C=O) groups is 1. The molecule has 0 radical (unpaired) electrons. The number of nitrogens with one attached hydrogen (secondary N) is 1. The Morgan fingerprint density at radius 3 is 2.36 bits per heavy atom. The molecule has 1 aromatic heterocycles. The molecule has 0 spiro atoms. The lowest BCUT2D eigenvalue weighted by atomic mass is 9.70. The van der Waals surface area contributed by atoms with E-state index in [2.05, 4.69) is 86.5 Å². The SMILES string of the molecule is CCCCc1ccc(-c2ccc(-n3cncc3C(=O)N[C@H]3C[C@H](C)CC(C)(C)C3)cc2)cc1. The lowest BCUT2D eigenvalue weighted by Gasteiger charge is -2.39. The van der Waals surface area contributed by atoms with Crippen LogP contribution < -0.4 is 5.32 Å². The first-order chi connectivity index (χ1) is 15.8. The molecular formula is C29H37N3O. The molecule has 1 aliphatic carbocycles. The van der Waals surface area contributed by atoms with Crippen LogP contribution in [0, 0.1) is 11.3 Å². The number of amides is 1. The summed E-state index contributed by atoms with van der Waals surface area (Å²) in [6, 6.07) is 17.4. The van der Waals surface area contributed by atoms with Gasteiger partial charge in [-0.25, -0.2) is 4.98 Å². The first-order valence-electron chi connectivity index (χ1n) is 12.4. The predicted octanol–water partition coefficient (Wildman–Crippen LogP) is 6.83. The van der Waals surface area contributed by atoms with Crippen molar-refractivity contribution in [2.24, 2.45) is 11.3 Å². The lowest BCUT2D eigenvalue weighted by molar-refractivity contribution is 0.0867. The predicted molar refractivity (Wildman–Crippen MR) is 136 cm³/mol. The molecule has 2 atom stereocenters. The summed E-state index contributed by atoms with van der Waals surface area (Å²) < 4.78 is 1.88. The molecule has 0 aliphatic heterocycles. The average Bonchev–Trinajstić information content (AvgIpc) is 3.27. The van der Waals surface area contributed by atoms with Crippen molar-refractivity contribution in [3.63, 3.8) is 0 Å². The Kier molecular flexibility index (Phi) is 7.02. The van der Waals surface area contributed by atoms with Gasteiger partial charge in [0.25, 0.3) is 5.91 Å². The van der Waals surface area contributed by atoms with Crippen LogP contribution in [0.1, 0.15) is 75.9 Å². The fraction of sp³-hybridized carbons (Fsp3) is 0.448. The minimum absolute atomic E-state index is 0.0471. The standard InChI is InChI=1S/C29H37N3O/c1-5-6-7-22-8-10-23(11-9-22)24-12-14-26(15-13-24)32-20-30-19-27(32)28(33)31-25-16-21(2)17-29(3,4)18-25/h8-15,19-21,25H,5-7,16-18H2,1-4H3,(H,31,33)/t21-,25-/m0/s1. The number of rotatable bonds is 7. The molecule has 1 aliphatic rings. The van der Waals surface area contributed by atoms with Crippen molar-refractivity contribution in [3.8, 4) is 16.8 Å². The van der Waals surface area contributed by atoms with Crippen molar-refractivity contribution in [2.45, 2.75) is 72.3 Å². The fourth-order valence-corrected chi connectivity index (χ4v) is 5.44. The molecule has 0 bridgehead atoms. The number of hydrogen-bond acceptors (Lipinski definition) is 2. The fourth-order valence-electron chi connectivity index (χ4n) is 5.44. The Morgan fingerprint density at radius 2 is 1.73 bits per heavy atom. The summed E-state index contributed by atoms with van der Waals surface area (Å²) in [5.74, 6) is 0.575. The summed E-state index contributed by atoms with van der Waals surface area (Å²) in [6.07, 6.45) is 10.2. The molecule has 1 N–H and O–H groups in total. The van der Waals surface area contributed by atoms with Gasteiger partial charge in [0.2, 0.25) is 0 Å². The monoisotopic (exact) mass is 443 g/mol. The average molecular weight is 444 g/mol. The van der Waals surface area contributed by atoms with Gasteiger partial charge in [-0.05, 0) is 72.3 Å². The van der Waals surface area contributed by atoms with Crippen molar-refractivity contribution in [1.29, 1.82) is 0 Å². The molecule has 1 fully saturated rings. The molecule has 33 heavy (non-hydrogen) atoms. The summed E-state index contributed by atoms with van der Waals surface area (Å²) in [4.78, 5) is 17.4. The number of nitrogens with zero attached hydrogens (tertiary/aromatic N) is 2. The van der Waals surface area contributed by atoms with Gasteiger partial charge in [0.15, 0.2) is 0 Å². The number of aromatic nitrogens is 2. The number of unbranched alkanes of at least 4 members (excludes halogenated alkanes) is 1. The van der Waals surface area contributed by atoms with Crippen LogP contribution in [0.25, 0.3) is 16.8 Å². The second kappa shape index (κ2) is 9.94. The molecule has 2 aromatic carbocycles.